The molecule has 0 heterocycles. The number of unbranched alkanes of at least 4 members (excludes halogenated alkanes) is 2. The summed E-state index contributed by atoms with van der Waals surface area (Å²) < 4.78 is 10.5. The van der Waals surface area contributed by atoms with Crippen molar-refractivity contribution in [2.75, 3.05) is 11.5 Å². The first-order valence-corrected chi connectivity index (χ1v) is 7.45. The van der Waals surface area contributed by atoms with Crippen LogP contribution in [0.1, 0.15) is 46.0 Å². The van der Waals surface area contributed by atoms with Crippen molar-refractivity contribution in [2.45, 2.75) is 51.7 Å². The third-order valence-corrected chi connectivity index (χ3v) is 3.07. The van der Waals surface area contributed by atoms with Gasteiger partial charge in [-0.3, -0.25) is 9.59 Å². The largest absolute Gasteiger partial charge is 0.422 e. The van der Waals surface area contributed by atoms with Crippen LogP contribution in [0.15, 0.2) is 0 Å². The summed E-state index contributed by atoms with van der Waals surface area (Å²) >= 11 is 7.72. The molecule has 0 aromatic rings. The summed E-state index contributed by atoms with van der Waals surface area (Å²) in [6.45, 7) is 3.90. The molecule has 0 saturated heterocycles. The molecule has 0 atom stereocenters. The quantitative estimate of drug-likeness (QED) is 0.297. The first-order valence-electron chi connectivity index (χ1n) is 6.19. The minimum atomic E-state index is -1.16. The molecule has 0 bridgehead atoms. The number of ether oxygens (including phenoxy) is 2. The molecular formula is C12H22O4S2. The van der Waals surface area contributed by atoms with Gasteiger partial charge in [0.25, 0.3) is 5.79 Å². The van der Waals surface area contributed by atoms with E-state index in [2.05, 4.69) is 32.2 Å². The second-order valence-electron chi connectivity index (χ2n) is 3.99. The summed E-state index contributed by atoms with van der Waals surface area (Å²) in [5.74, 6) is -2.19. The van der Waals surface area contributed by atoms with Crippen LogP contribution in [0.2, 0.25) is 0 Å². The summed E-state index contributed by atoms with van der Waals surface area (Å²) in [5, 5.41) is 0. The fourth-order valence-corrected chi connectivity index (χ4v) is 1.70. The average Bonchev–Trinajstić information content (AvgIpc) is 2.38. The van der Waals surface area contributed by atoms with Gasteiger partial charge in [0, 0.05) is 12.8 Å². The van der Waals surface area contributed by atoms with Gasteiger partial charge in [0.2, 0.25) is 0 Å². The molecular weight excluding hydrogens is 272 g/mol. The number of hydrogen-bond acceptors (Lipinski definition) is 6. The Balaban J connectivity index is 4.70. The molecule has 0 aliphatic rings. The van der Waals surface area contributed by atoms with E-state index in [0.717, 1.165) is 19.3 Å². The second kappa shape index (κ2) is 9.55. The summed E-state index contributed by atoms with van der Waals surface area (Å²) in [7, 11) is 0. The van der Waals surface area contributed by atoms with Crippen LogP contribution in [0.3, 0.4) is 0 Å². The minimum Gasteiger partial charge on any atom is -0.422 e. The predicted molar refractivity (Wildman–Crippen MR) is 77.1 cm³/mol. The van der Waals surface area contributed by atoms with E-state index < -0.39 is 17.7 Å². The highest BCUT2D eigenvalue weighted by Gasteiger charge is 2.35. The Kier molecular flexibility index (Phi) is 9.36. The Hall–Kier alpha value is -0.360. The maximum atomic E-state index is 11.4. The summed E-state index contributed by atoms with van der Waals surface area (Å²) in [4.78, 5) is 22.8. The van der Waals surface area contributed by atoms with Gasteiger partial charge in [-0.1, -0.05) is 26.7 Å². The lowest BCUT2D eigenvalue weighted by atomic mass is 10.0. The van der Waals surface area contributed by atoms with Crippen LogP contribution in [-0.4, -0.2) is 29.2 Å². The van der Waals surface area contributed by atoms with Crippen molar-refractivity contribution >= 4 is 37.2 Å². The van der Waals surface area contributed by atoms with Gasteiger partial charge in [0.1, 0.15) is 0 Å². The Labute approximate surface area is 120 Å². The minimum absolute atomic E-state index is 0.0338. The van der Waals surface area contributed by atoms with Gasteiger partial charge in [0.05, 0.1) is 11.5 Å². The highest BCUT2D eigenvalue weighted by molar-refractivity contribution is 7.81. The molecule has 0 rings (SSSR count). The molecule has 0 fully saturated rings. The topological polar surface area (TPSA) is 52.6 Å². The zero-order valence-corrected chi connectivity index (χ0v) is 12.8. The van der Waals surface area contributed by atoms with E-state index in [-0.39, 0.29) is 11.5 Å². The first kappa shape index (κ1) is 17.6. The second-order valence-corrected chi connectivity index (χ2v) is 4.62. The number of rotatable bonds is 9. The van der Waals surface area contributed by atoms with Gasteiger partial charge in [-0.2, -0.15) is 25.3 Å². The maximum absolute atomic E-state index is 11.4. The van der Waals surface area contributed by atoms with Crippen molar-refractivity contribution in [1.82, 2.24) is 0 Å². The normalized spacial score (nSPS) is 11.1. The van der Waals surface area contributed by atoms with Crippen LogP contribution in [0, 0.1) is 0 Å². The molecule has 4 nitrogen and oxygen atoms in total. The van der Waals surface area contributed by atoms with E-state index in [9.17, 15) is 9.59 Å². The van der Waals surface area contributed by atoms with Gasteiger partial charge in [-0.05, 0) is 6.42 Å². The van der Waals surface area contributed by atoms with Gasteiger partial charge < -0.3 is 9.47 Å². The number of carbonyl (C=O) groups is 2. The molecule has 6 heteroatoms. The average molecular weight is 294 g/mol. The van der Waals surface area contributed by atoms with Crippen LogP contribution < -0.4 is 0 Å². The smallest absolute Gasteiger partial charge is 0.318 e. The monoisotopic (exact) mass is 294 g/mol. The van der Waals surface area contributed by atoms with E-state index in [1.54, 1.807) is 0 Å². The van der Waals surface area contributed by atoms with Gasteiger partial charge >= 0.3 is 11.9 Å². The third-order valence-electron chi connectivity index (χ3n) is 2.56. The molecule has 0 aliphatic heterocycles. The molecule has 0 radical (unpaired) electrons. The van der Waals surface area contributed by atoms with Crippen molar-refractivity contribution in [3.63, 3.8) is 0 Å². The molecule has 0 spiro atoms. The summed E-state index contributed by atoms with van der Waals surface area (Å²) in [5.41, 5.74) is 0. The number of esters is 2. The van der Waals surface area contributed by atoms with Gasteiger partial charge in [-0.15, -0.1) is 0 Å². The molecule has 0 saturated carbocycles. The lowest BCUT2D eigenvalue weighted by Crippen LogP contribution is -2.40. The van der Waals surface area contributed by atoms with E-state index in [4.69, 9.17) is 9.47 Å². The Morgan fingerprint density at radius 1 is 1.00 bits per heavy atom. The highest BCUT2D eigenvalue weighted by atomic mass is 32.1. The first-order chi connectivity index (χ1) is 8.53. The summed E-state index contributed by atoms with van der Waals surface area (Å²) in [6, 6.07) is 0. The lowest BCUT2D eigenvalue weighted by molar-refractivity contribution is -0.229. The SMILES string of the molecule is CCCCCC(CC)(OC(=O)CS)OC(=O)CS. The summed E-state index contributed by atoms with van der Waals surface area (Å²) in [6.07, 6.45) is 3.82. The van der Waals surface area contributed by atoms with Crippen LogP contribution in [0.25, 0.3) is 0 Å². The van der Waals surface area contributed by atoms with E-state index in [1.165, 1.54) is 0 Å². The molecule has 0 aromatic carbocycles. The van der Waals surface area contributed by atoms with Crippen LogP contribution in [0.5, 0.6) is 0 Å². The Morgan fingerprint density at radius 2 is 1.50 bits per heavy atom. The fourth-order valence-electron chi connectivity index (χ4n) is 1.57. The molecule has 18 heavy (non-hydrogen) atoms. The predicted octanol–water partition coefficient (Wildman–Crippen LogP) is 2.62. The highest BCUT2D eigenvalue weighted by Crippen LogP contribution is 2.26. The standard InChI is InChI=1S/C12H22O4S2/c1-3-5-6-7-12(4-2,15-10(13)8-17)16-11(14)9-18/h17-18H,3-9H2,1-2H3. The van der Waals surface area contributed by atoms with Crippen LogP contribution in [-0.2, 0) is 19.1 Å². The van der Waals surface area contributed by atoms with E-state index in [1.807, 2.05) is 6.92 Å². The molecule has 0 amide bonds. The Bertz CT molecular complexity index is 251. The van der Waals surface area contributed by atoms with E-state index >= 15 is 0 Å². The molecule has 0 N–H and O–H groups in total. The zero-order chi connectivity index (χ0) is 14.0. The van der Waals surface area contributed by atoms with Crippen molar-refractivity contribution in [2.24, 2.45) is 0 Å². The van der Waals surface area contributed by atoms with Crippen molar-refractivity contribution in [3.05, 3.63) is 0 Å². The number of thiol groups is 2. The molecule has 106 valence electrons. The van der Waals surface area contributed by atoms with Crippen molar-refractivity contribution in [3.8, 4) is 0 Å². The van der Waals surface area contributed by atoms with Crippen molar-refractivity contribution in [1.29, 1.82) is 0 Å². The zero-order valence-electron chi connectivity index (χ0n) is 11.0. The molecule has 0 unspecified atom stereocenters. The van der Waals surface area contributed by atoms with Crippen LogP contribution in [0.4, 0.5) is 0 Å². The number of hydrogen-bond donors (Lipinski definition) is 2. The Morgan fingerprint density at radius 3 is 1.83 bits per heavy atom. The van der Waals surface area contributed by atoms with Gasteiger partial charge in [-0.25, -0.2) is 0 Å². The van der Waals surface area contributed by atoms with E-state index in [0.29, 0.717) is 12.8 Å². The lowest BCUT2D eigenvalue weighted by Gasteiger charge is -2.31. The number of carbonyl (C=O) groups excluding carboxylic acids is 2. The molecule has 0 aromatic heterocycles. The van der Waals surface area contributed by atoms with Gasteiger partial charge in [0.15, 0.2) is 0 Å². The molecule has 0 aliphatic carbocycles. The maximum Gasteiger partial charge on any atom is 0.318 e. The van der Waals surface area contributed by atoms with Crippen LogP contribution >= 0.6 is 25.3 Å². The van der Waals surface area contributed by atoms with Crippen molar-refractivity contribution < 1.29 is 19.1 Å². The third kappa shape index (κ3) is 6.54. The fraction of sp³-hybridized carbons (Fsp3) is 0.833.